The number of para-hydroxylation sites is 1. The summed E-state index contributed by atoms with van der Waals surface area (Å²) in [5.41, 5.74) is 0.916. The molecular weight excluding hydrogens is 280 g/mol. The molecule has 1 aromatic carbocycles. The van der Waals surface area contributed by atoms with E-state index in [4.69, 9.17) is 5.11 Å². The lowest BCUT2D eigenvalue weighted by molar-refractivity contribution is -0.125. The molecule has 3 rings (SSSR count). The lowest BCUT2D eigenvalue weighted by Crippen LogP contribution is -2.44. The van der Waals surface area contributed by atoms with Crippen molar-refractivity contribution >= 4 is 22.6 Å². The fraction of sp³-hybridized carbons (Fsp3) is 0.438. The van der Waals surface area contributed by atoms with Gasteiger partial charge in [0, 0.05) is 25.0 Å². The zero-order chi connectivity index (χ0) is 15.4. The maximum Gasteiger partial charge on any atom is 0.224 e. The van der Waals surface area contributed by atoms with E-state index in [-0.39, 0.29) is 18.4 Å². The van der Waals surface area contributed by atoms with Gasteiger partial charge in [0.15, 0.2) is 0 Å². The quantitative estimate of drug-likeness (QED) is 0.879. The maximum absolute atomic E-state index is 12.1. The number of nitrogens with zero attached hydrogens (tertiary/aromatic N) is 3. The number of aliphatic hydroxyl groups excluding tert-OH is 1. The first kappa shape index (κ1) is 14.7. The van der Waals surface area contributed by atoms with Gasteiger partial charge in [-0.2, -0.15) is 0 Å². The molecule has 6 heteroatoms. The van der Waals surface area contributed by atoms with Crippen LogP contribution in [0, 0.1) is 5.92 Å². The highest BCUT2D eigenvalue weighted by Crippen LogP contribution is 2.27. The summed E-state index contributed by atoms with van der Waals surface area (Å²) < 4.78 is 0. The number of anilines is 1. The normalized spacial score (nSPS) is 18.4. The molecule has 1 saturated heterocycles. The predicted octanol–water partition coefficient (Wildman–Crippen LogP) is 0.955. The number of carbonyl (C=O) groups is 1. The van der Waals surface area contributed by atoms with Crippen LogP contribution in [0.2, 0.25) is 0 Å². The third kappa shape index (κ3) is 3.01. The standard InChI is InChI=1S/C16H20N4O2/c21-9-7-17-16(22)12-4-3-8-20(10-12)15-13-5-1-2-6-14(13)18-11-19-15/h1-2,5-6,11-12,21H,3-4,7-10H2,(H,17,22). The SMILES string of the molecule is O=C(NCCO)C1CCCN(c2ncnc3ccccc23)C1. The summed E-state index contributed by atoms with van der Waals surface area (Å²) in [7, 11) is 0. The van der Waals surface area contributed by atoms with Gasteiger partial charge in [0.25, 0.3) is 0 Å². The van der Waals surface area contributed by atoms with E-state index in [2.05, 4.69) is 20.2 Å². The summed E-state index contributed by atoms with van der Waals surface area (Å²) in [5.74, 6) is 0.844. The monoisotopic (exact) mass is 300 g/mol. The van der Waals surface area contributed by atoms with Crippen molar-refractivity contribution in [2.45, 2.75) is 12.8 Å². The van der Waals surface area contributed by atoms with Gasteiger partial charge in [-0.15, -0.1) is 0 Å². The van der Waals surface area contributed by atoms with Crippen molar-refractivity contribution in [1.82, 2.24) is 15.3 Å². The largest absolute Gasteiger partial charge is 0.395 e. The molecule has 0 saturated carbocycles. The second-order valence-corrected chi connectivity index (χ2v) is 5.51. The zero-order valence-electron chi connectivity index (χ0n) is 12.4. The van der Waals surface area contributed by atoms with Gasteiger partial charge >= 0.3 is 0 Å². The lowest BCUT2D eigenvalue weighted by atomic mass is 9.97. The molecule has 1 unspecified atom stereocenters. The van der Waals surface area contributed by atoms with Crippen molar-refractivity contribution < 1.29 is 9.90 Å². The van der Waals surface area contributed by atoms with Gasteiger partial charge in [0.05, 0.1) is 18.0 Å². The Balaban J connectivity index is 1.80. The van der Waals surface area contributed by atoms with Gasteiger partial charge in [-0.25, -0.2) is 9.97 Å². The van der Waals surface area contributed by atoms with Crippen molar-refractivity contribution in [2.75, 3.05) is 31.1 Å². The molecular formula is C16H20N4O2. The maximum atomic E-state index is 12.1. The molecule has 1 aromatic heterocycles. The molecule has 116 valence electrons. The number of hydrogen-bond acceptors (Lipinski definition) is 5. The highest BCUT2D eigenvalue weighted by atomic mass is 16.3. The number of nitrogens with one attached hydrogen (secondary N) is 1. The average molecular weight is 300 g/mol. The van der Waals surface area contributed by atoms with Crippen LogP contribution in [0.15, 0.2) is 30.6 Å². The van der Waals surface area contributed by atoms with Gasteiger partial charge < -0.3 is 15.3 Å². The zero-order valence-corrected chi connectivity index (χ0v) is 12.4. The van der Waals surface area contributed by atoms with Gasteiger partial charge in [0.1, 0.15) is 12.1 Å². The summed E-state index contributed by atoms with van der Waals surface area (Å²) in [4.78, 5) is 23.0. The average Bonchev–Trinajstić information content (AvgIpc) is 2.59. The molecule has 1 atom stereocenters. The molecule has 1 amide bonds. The van der Waals surface area contributed by atoms with Crippen LogP contribution in [0.25, 0.3) is 10.9 Å². The van der Waals surface area contributed by atoms with Crippen LogP contribution < -0.4 is 10.2 Å². The molecule has 0 bridgehead atoms. The van der Waals surface area contributed by atoms with Crippen LogP contribution >= 0.6 is 0 Å². The van der Waals surface area contributed by atoms with Crippen LogP contribution in [-0.4, -0.2) is 47.2 Å². The topological polar surface area (TPSA) is 78.4 Å². The first-order valence-electron chi connectivity index (χ1n) is 7.63. The molecule has 0 spiro atoms. The molecule has 0 aliphatic carbocycles. The van der Waals surface area contributed by atoms with Gasteiger partial charge in [-0.05, 0) is 25.0 Å². The smallest absolute Gasteiger partial charge is 0.224 e. The number of piperidine rings is 1. The second kappa shape index (κ2) is 6.70. The Morgan fingerprint density at radius 2 is 2.23 bits per heavy atom. The van der Waals surface area contributed by atoms with Crippen LogP contribution in [0.1, 0.15) is 12.8 Å². The number of aliphatic hydroxyl groups is 1. The van der Waals surface area contributed by atoms with Gasteiger partial charge in [-0.1, -0.05) is 12.1 Å². The summed E-state index contributed by atoms with van der Waals surface area (Å²) in [5, 5.41) is 12.6. The van der Waals surface area contributed by atoms with Crippen molar-refractivity contribution in [3.8, 4) is 0 Å². The number of amides is 1. The van der Waals surface area contributed by atoms with E-state index in [1.54, 1.807) is 6.33 Å². The predicted molar refractivity (Wildman–Crippen MR) is 84.6 cm³/mol. The Kier molecular flexibility index (Phi) is 4.48. The Hall–Kier alpha value is -2.21. The Labute approximate surface area is 129 Å². The van der Waals surface area contributed by atoms with E-state index in [0.29, 0.717) is 13.1 Å². The van der Waals surface area contributed by atoms with E-state index < -0.39 is 0 Å². The molecule has 2 heterocycles. The summed E-state index contributed by atoms with van der Waals surface area (Å²) in [6.45, 7) is 1.83. The number of hydrogen-bond donors (Lipinski definition) is 2. The molecule has 6 nitrogen and oxygen atoms in total. The fourth-order valence-corrected chi connectivity index (χ4v) is 2.95. The van der Waals surface area contributed by atoms with Gasteiger partial charge in [0.2, 0.25) is 5.91 Å². The van der Waals surface area contributed by atoms with Crippen molar-refractivity contribution in [2.24, 2.45) is 5.92 Å². The van der Waals surface area contributed by atoms with Crippen molar-refractivity contribution in [3.63, 3.8) is 0 Å². The molecule has 22 heavy (non-hydrogen) atoms. The number of rotatable bonds is 4. The minimum Gasteiger partial charge on any atom is -0.395 e. The van der Waals surface area contributed by atoms with Gasteiger partial charge in [-0.3, -0.25) is 4.79 Å². The van der Waals surface area contributed by atoms with Crippen LogP contribution in [0.5, 0.6) is 0 Å². The highest BCUT2D eigenvalue weighted by Gasteiger charge is 2.27. The van der Waals surface area contributed by atoms with E-state index in [1.807, 2.05) is 24.3 Å². The molecule has 1 aliphatic rings. The summed E-state index contributed by atoms with van der Waals surface area (Å²) in [6, 6.07) is 7.92. The van der Waals surface area contributed by atoms with E-state index >= 15 is 0 Å². The Morgan fingerprint density at radius 3 is 3.09 bits per heavy atom. The first-order chi connectivity index (χ1) is 10.8. The molecule has 2 N–H and O–H groups in total. The number of benzene rings is 1. The molecule has 1 aliphatic heterocycles. The second-order valence-electron chi connectivity index (χ2n) is 5.51. The third-order valence-corrected chi connectivity index (χ3v) is 4.02. The first-order valence-corrected chi connectivity index (χ1v) is 7.63. The lowest BCUT2D eigenvalue weighted by Gasteiger charge is -2.33. The molecule has 1 fully saturated rings. The van der Waals surface area contributed by atoms with Crippen LogP contribution in [0.3, 0.4) is 0 Å². The Morgan fingerprint density at radius 1 is 1.36 bits per heavy atom. The summed E-state index contributed by atoms with van der Waals surface area (Å²) in [6.07, 6.45) is 3.40. The number of carbonyl (C=O) groups excluding carboxylic acids is 1. The van der Waals surface area contributed by atoms with E-state index in [1.165, 1.54) is 0 Å². The number of fused-ring (bicyclic) bond motifs is 1. The van der Waals surface area contributed by atoms with Crippen molar-refractivity contribution in [3.05, 3.63) is 30.6 Å². The minimum atomic E-state index is -0.0611. The van der Waals surface area contributed by atoms with E-state index in [9.17, 15) is 4.79 Å². The number of aromatic nitrogens is 2. The van der Waals surface area contributed by atoms with Crippen LogP contribution in [0.4, 0.5) is 5.82 Å². The summed E-state index contributed by atoms with van der Waals surface area (Å²) >= 11 is 0. The van der Waals surface area contributed by atoms with E-state index in [0.717, 1.165) is 36.1 Å². The van der Waals surface area contributed by atoms with Crippen molar-refractivity contribution in [1.29, 1.82) is 0 Å². The highest BCUT2D eigenvalue weighted by molar-refractivity contribution is 5.89. The third-order valence-electron chi connectivity index (χ3n) is 4.02. The molecule has 0 radical (unpaired) electrons. The Bertz CT molecular complexity index is 656. The minimum absolute atomic E-state index is 0.0112. The van der Waals surface area contributed by atoms with Crippen LogP contribution in [-0.2, 0) is 4.79 Å². The fourth-order valence-electron chi connectivity index (χ4n) is 2.95. The molecule has 2 aromatic rings.